The first-order chi connectivity index (χ1) is 16.7. The summed E-state index contributed by atoms with van der Waals surface area (Å²) in [5, 5.41) is 10.8. The maximum absolute atomic E-state index is 6.23. The fourth-order valence-corrected chi connectivity index (χ4v) is 4.08. The summed E-state index contributed by atoms with van der Waals surface area (Å²) in [4.78, 5) is 15.8. The Morgan fingerprint density at radius 3 is 2.65 bits per heavy atom. The Labute approximate surface area is 195 Å². The van der Waals surface area contributed by atoms with Crippen LogP contribution in [-0.4, -0.2) is 51.5 Å². The number of furan rings is 1. The van der Waals surface area contributed by atoms with Crippen molar-refractivity contribution < 1.29 is 9.15 Å². The molecule has 6 rings (SSSR count). The lowest BCUT2D eigenvalue weighted by atomic mass is 10.1. The summed E-state index contributed by atoms with van der Waals surface area (Å²) in [5.41, 5.74) is 5.50. The van der Waals surface area contributed by atoms with Crippen LogP contribution in [0.5, 0.6) is 0 Å². The third-order valence-electron chi connectivity index (χ3n) is 5.78. The number of hydrogen-bond donors (Lipinski definition) is 2. The van der Waals surface area contributed by atoms with Crippen molar-refractivity contribution in [3.8, 4) is 22.6 Å². The molecule has 5 heterocycles. The van der Waals surface area contributed by atoms with Crippen molar-refractivity contribution in [2.75, 3.05) is 36.5 Å². The molecule has 1 aliphatic heterocycles. The van der Waals surface area contributed by atoms with E-state index in [-0.39, 0.29) is 0 Å². The maximum Gasteiger partial charge on any atom is 0.231 e. The smallest absolute Gasteiger partial charge is 0.231 e. The molecule has 2 N–H and O–H groups in total. The molecule has 0 aliphatic carbocycles. The average molecular weight is 454 g/mol. The van der Waals surface area contributed by atoms with E-state index < -0.39 is 0 Å². The van der Waals surface area contributed by atoms with E-state index in [1.165, 1.54) is 5.56 Å². The molecular formula is C25H23N7O2. The lowest BCUT2D eigenvalue weighted by molar-refractivity contribution is 0.122. The average Bonchev–Trinajstić information content (AvgIpc) is 3.52. The van der Waals surface area contributed by atoms with Gasteiger partial charge in [-0.3, -0.25) is 10.1 Å². The Hall–Kier alpha value is -4.24. The number of anilines is 3. The highest BCUT2D eigenvalue weighted by Crippen LogP contribution is 2.33. The minimum atomic E-state index is 0.457. The zero-order chi connectivity index (χ0) is 22.9. The highest BCUT2D eigenvalue weighted by atomic mass is 16.5. The number of H-pyrrole nitrogens is 1. The van der Waals surface area contributed by atoms with E-state index in [1.54, 1.807) is 12.4 Å². The van der Waals surface area contributed by atoms with Gasteiger partial charge in [0.1, 0.15) is 11.3 Å². The summed E-state index contributed by atoms with van der Waals surface area (Å²) in [7, 11) is 0. The number of hydrogen-bond acceptors (Lipinski definition) is 8. The molecule has 1 aliphatic rings. The molecule has 1 saturated heterocycles. The van der Waals surface area contributed by atoms with Gasteiger partial charge < -0.3 is 19.4 Å². The molecule has 0 atom stereocenters. The van der Waals surface area contributed by atoms with E-state index in [9.17, 15) is 0 Å². The van der Waals surface area contributed by atoms with Crippen LogP contribution in [-0.2, 0) is 4.74 Å². The zero-order valence-corrected chi connectivity index (χ0v) is 18.7. The quantitative estimate of drug-likeness (QED) is 0.399. The van der Waals surface area contributed by atoms with E-state index in [1.807, 2.05) is 30.3 Å². The van der Waals surface area contributed by atoms with Crippen molar-refractivity contribution in [3.05, 3.63) is 66.5 Å². The van der Waals surface area contributed by atoms with Gasteiger partial charge in [-0.15, -0.1) is 0 Å². The minimum Gasteiger partial charge on any atom is -0.450 e. The lowest BCUT2D eigenvalue weighted by Crippen LogP contribution is -2.37. The first kappa shape index (κ1) is 20.4. The molecule has 0 amide bonds. The first-order valence-corrected chi connectivity index (χ1v) is 11.2. The SMILES string of the molecule is Cc1cccc(-c2cc(Nc3nc(N4CCOCC4)c4oc(-c5ccncc5)cc4n3)n[nH]2)c1. The Morgan fingerprint density at radius 2 is 1.82 bits per heavy atom. The van der Waals surface area contributed by atoms with E-state index in [2.05, 4.69) is 50.5 Å². The van der Waals surface area contributed by atoms with Crippen molar-refractivity contribution in [2.45, 2.75) is 6.92 Å². The Morgan fingerprint density at radius 1 is 0.971 bits per heavy atom. The molecule has 34 heavy (non-hydrogen) atoms. The Bertz CT molecular complexity index is 1440. The number of pyridine rings is 1. The van der Waals surface area contributed by atoms with Crippen molar-refractivity contribution in [1.29, 1.82) is 0 Å². The molecule has 0 unspecified atom stereocenters. The van der Waals surface area contributed by atoms with Gasteiger partial charge in [0.2, 0.25) is 5.95 Å². The predicted octanol–water partition coefficient (Wildman–Crippen LogP) is 4.56. The van der Waals surface area contributed by atoms with E-state index in [0.29, 0.717) is 30.6 Å². The minimum absolute atomic E-state index is 0.457. The summed E-state index contributed by atoms with van der Waals surface area (Å²) in [6, 6.07) is 16.0. The summed E-state index contributed by atoms with van der Waals surface area (Å²) < 4.78 is 11.8. The predicted molar refractivity (Wildman–Crippen MR) is 130 cm³/mol. The molecule has 9 nitrogen and oxygen atoms in total. The number of morpholine rings is 1. The maximum atomic E-state index is 6.23. The normalized spacial score (nSPS) is 14.0. The number of fused-ring (bicyclic) bond motifs is 1. The highest BCUT2D eigenvalue weighted by molar-refractivity contribution is 5.89. The molecule has 170 valence electrons. The van der Waals surface area contributed by atoms with Crippen LogP contribution in [0.15, 0.2) is 65.3 Å². The standard InChI is InChI=1S/C25H23N7O2/c1-16-3-2-4-18(13-16)19-15-22(31-30-19)28-25-27-20-14-21(17-5-7-26-8-6-17)34-23(20)24(29-25)32-9-11-33-12-10-32/h2-8,13-15H,9-12H2,1H3,(H2,27,28,29,30,31). The summed E-state index contributed by atoms with van der Waals surface area (Å²) >= 11 is 0. The third-order valence-corrected chi connectivity index (χ3v) is 5.78. The van der Waals surface area contributed by atoms with E-state index >= 15 is 0 Å². The van der Waals surface area contributed by atoms with Crippen LogP contribution in [0.3, 0.4) is 0 Å². The molecule has 0 radical (unpaired) electrons. The van der Waals surface area contributed by atoms with Crippen molar-refractivity contribution in [2.24, 2.45) is 0 Å². The van der Waals surface area contributed by atoms with Crippen LogP contribution in [0, 0.1) is 6.92 Å². The summed E-state index contributed by atoms with van der Waals surface area (Å²) in [6.45, 7) is 4.82. The van der Waals surface area contributed by atoms with Gasteiger partial charge in [-0.2, -0.15) is 10.1 Å². The van der Waals surface area contributed by atoms with Gasteiger partial charge in [-0.25, -0.2) is 4.98 Å². The fraction of sp³-hybridized carbons (Fsp3) is 0.200. The second-order valence-corrected chi connectivity index (χ2v) is 8.19. The van der Waals surface area contributed by atoms with E-state index in [0.717, 1.165) is 47.0 Å². The van der Waals surface area contributed by atoms with Gasteiger partial charge in [0, 0.05) is 43.2 Å². The van der Waals surface area contributed by atoms with Gasteiger partial charge >= 0.3 is 0 Å². The van der Waals surface area contributed by atoms with Gasteiger partial charge in [-0.05, 0) is 30.7 Å². The Kier molecular flexibility index (Phi) is 5.15. The monoisotopic (exact) mass is 453 g/mol. The molecular weight excluding hydrogens is 430 g/mol. The van der Waals surface area contributed by atoms with Crippen LogP contribution in [0.2, 0.25) is 0 Å². The van der Waals surface area contributed by atoms with Crippen LogP contribution in [0.25, 0.3) is 33.7 Å². The van der Waals surface area contributed by atoms with Crippen molar-refractivity contribution in [1.82, 2.24) is 25.1 Å². The number of ether oxygens (including phenoxy) is 1. The number of aromatic nitrogens is 5. The van der Waals surface area contributed by atoms with Crippen molar-refractivity contribution >= 4 is 28.7 Å². The van der Waals surface area contributed by atoms with E-state index in [4.69, 9.17) is 19.1 Å². The molecule has 0 saturated carbocycles. The third kappa shape index (κ3) is 3.97. The number of nitrogens with one attached hydrogen (secondary N) is 2. The first-order valence-electron chi connectivity index (χ1n) is 11.2. The topological polar surface area (TPSA) is 105 Å². The van der Waals surface area contributed by atoms with Gasteiger partial charge in [0.05, 0.1) is 18.9 Å². The summed E-state index contributed by atoms with van der Waals surface area (Å²) in [6.07, 6.45) is 3.49. The van der Waals surface area contributed by atoms with Gasteiger partial charge in [0.25, 0.3) is 0 Å². The fourth-order valence-electron chi connectivity index (χ4n) is 4.08. The molecule has 0 spiro atoms. The highest BCUT2D eigenvalue weighted by Gasteiger charge is 2.22. The van der Waals surface area contributed by atoms with Crippen molar-refractivity contribution in [3.63, 3.8) is 0 Å². The molecule has 5 aromatic rings. The molecule has 0 bridgehead atoms. The second kappa shape index (κ2) is 8.60. The lowest BCUT2D eigenvalue weighted by Gasteiger charge is -2.27. The number of aryl methyl sites for hydroxylation is 1. The van der Waals surface area contributed by atoms with Crippen LogP contribution >= 0.6 is 0 Å². The molecule has 4 aromatic heterocycles. The second-order valence-electron chi connectivity index (χ2n) is 8.19. The van der Waals surface area contributed by atoms with Gasteiger partial charge in [-0.1, -0.05) is 23.8 Å². The molecule has 1 fully saturated rings. The number of rotatable bonds is 5. The van der Waals surface area contributed by atoms with Crippen LogP contribution in [0.1, 0.15) is 5.56 Å². The van der Waals surface area contributed by atoms with Gasteiger partial charge in [0.15, 0.2) is 17.2 Å². The number of aromatic amines is 1. The molecule has 1 aromatic carbocycles. The number of nitrogens with zero attached hydrogens (tertiary/aromatic N) is 5. The Balaban J connectivity index is 1.38. The largest absolute Gasteiger partial charge is 0.450 e. The van der Waals surface area contributed by atoms with Crippen LogP contribution in [0.4, 0.5) is 17.6 Å². The molecule has 9 heteroatoms. The number of benzene rings is 1. The summed E-state index contributed by atoms with van der Waals surface area (Å²) in [5.74, 6) is 2.56. The zero-order valence-electron chi connectivity index (χ0n) is 18.7. The van der Waals surface area contributed by atoms with Crippen LogP contribution < -0.4 is 10.2 Å².